The molecule has 1 unspecified atom stereocenters. The first-order valence-corrected chi connectivity index (χ1v) is 7.70. The molecule has 4 nitrogen and oxygen atoms in total. The van der Waals surface area contributed by atoms with E-state index >= 15 is 0 Å². The van der Waals surface area contributed by atoms with Crippen molar-refractivity contribution in [2.24, 2.45) is 4.99 Å². The second-order valence-corrected chi connectivity index (χ2v) is 5.61. The molecule has 112 valence electrons. The molecular weight excluding hydrogens is 262 g/mol. The second-order valence-electron chi connectivity index (χ2n) is 5.61. The predicted molar refractivity (Wildman–Crippen MR) is 86.0 cm³/mol. The minimum Gasteiger partial charge on any atom is -0.493 e. The fourth-order valence-electron chi connectivity index (χ4n) is 2.97. The van der Waals surface area contributed by atoms with Gasteiger partial charge in [-0.2, -0.15) is 0 Å². The van der Waals surface area contributed by atoms with E-state index in [9.17, 15) is 0 Å². The van der Waals surface area contributed by atoms with Crippen molar-refractivity contribution in [3.63, 3.8) is 0 Å². The molecule has 2 N–H and O–H groups in total. The van der Waals surface area contributed by atoms with Gasteiger partial charge in [-0.1, -0.05) is 30.4 Å². The largest absolute Gasteiger partial charge is 0.493 e. The lowest BCUT2D eigenvalue weighted by atomic mass is 9.93. The lowest BCUT2D eigenvalue weighted by molar-refractivity contribution is 0.267. The van der Waals surface area contributed by atoms with Gasteiger partial charge in [0.05, 0.1) is 6.61 Å². The summed E-state index contributed by atoms with van der Waals surface area (Å²) in [5.41, 5.74) is 1.30. The van der Waals surface area contributed by atoms with Crippen molar-refractivity contribution in [1.82, 2.24) is 10.6 Å². The van der Waals surface area contributed by atoms with E-state index in [4.69, 9.17) is 4.74 Å². The van der Waals surface area contributed by atoms with Crippen molar-refractivity contribution < 1.29 is 4.74 Å². The van der Waals surface area contributed by atoms with Crippen LogP contribution in [0.2, 0.25) is 0 Å². The highest BCUT2D eigenvalue weighted by atomic mass is 16.5. The van der Waals surface area contributed by atoms with Crippen LogP contribution < -0.4 is 15.4 Å². The molecule has 0 spiro atoms. The molecule has 1 aliphatic carbocycles. The topological polar surface area (TPSA) is 45.7 Å². The average Bonchev–Trinajstić information content (AvgIpc) is 3.04. The Morgan fingerprint density at radius 2 is 2.10 bits per heavy atom. The Morgan fingerprint density at radius 1 is 1.29 bits per heavy atom. The second kappa shape index (κ2) is 6.66. The molecule has 1 aromatic carbocycles. The normalized spacial score (nSPS) is 21.8. The number of guanidine groups is 1. The van der Waals surface area contributed by atoms with E-state index in [-0.39, 0.29) is 0 Å². The van der Waals surface area contributed by atoms with Crippen LogP contribution in [0.5, 0.6) is 5.75 Å². The van der Waals surface area contributed by atoms with Gasteiger partial charge in [-0.3, -0.25) is 4.99 Å². The molecule has 21 heavy (non-hydrogen) atoms. The minimum atomic E-state index is 0.482. The Hall–Kier alpha value is -1.97. The first-order valence-electron chi connectivity index (χ1n) is 7.70. The molecule has 3 rings (SSSR count). The zero-order valence-electron chi connectivity index (χ0n) is 12.5. The smallest absolute Gasteiger partial charge is 0.191 e. The summed E-state index contributed by atoms with van der Waals surface area (Å²) < 4.78 is 5.71. The summed E-state index contributed by atoms with van der Waals surface area (Å²) in [7, 11) is 1.83. The van der Waals surface area contributed by atoms with Crippen LogP contribution in [0.3, 0.4) is 0 Å². The molecule has 2 aliphatic rings. The summed E-state index contributed by atoms with van der Waals surface area (Å²) in [5.74, 6) is 2.40. The number of nitrogens with one attached hydrogen (secondary N) is 2. The Balaban J connectivity index is 1.57. The van der Waals surface area contributed by atoms with E-state index < -0.39 is 0 Å². The molecule has 1 aliphatic heterocycles. The van der Waals surface area contributed by atoms with Gasteiger partial charge in [0.1, 0.15) is 5.75 Å². The highest BCUT2D eigenvalue weighted by molar-refractivity contribution is 5.80. The number of nitrogens with zero attached hydrogens (tertiary/aromatic N) is 1. The number of ether oxygens (including phenoxy) is 1. The third-order valence-electron chi connectivity index (χ3n) is 4.17. The monoisotopic (exact) mass is 285 g/mol. The fourth-order valence-corrected chi connectivity index (χ4v) is 2.97. The molecule has 4 heteroatoms. The van der Waals surface area contributed by atoms with E-state index in [1.807, 2.05) is 13.1 Å². The van der Waals surface area contributed by atoms with Gasteiger partial charge >= 0.3 is 0 Å². The summed E-state index contributed by atoms with van der Waals surface area (Å²) >= 11 is 0. The van der Waals surface area contributed by atoms with E-state index in [0.29, 0.717) is 12.0 Å². The summed E-state index contributed by atoms with van der Waals surface area (Å²) in [6, 6.07) is 8.81. The number of fused-ring (bicyclic) bond motifs is 1. The Labute approximate surface area is 126 Å². The Morgan fingerprint density at radius 3 is 2.90 bits per heavy atom. The number of rotatable bonds is 3. The summed E-state index contributed by atoms with van der Waals surface area (Å²) in [5, 5.41) is 6.94. The molecule has 1 atom stereocenters. The first-order chi connectivity index (χ1) is 10.4. The van der Waals surface area contributed by atoms with Crippen molar-refractivity contribution in [2.45, 2.75) is 31.2 Å². The maximum Gasteiger partial charge on any atom is 0.191 e. The predicted octanol–water partition coefficient (Wildman–Crippen LogP) is 2.44. The molecule has 0 fully saturated rings. The lowest BCUT2D eigenvalue weighted by Crippen LogP contribution is -2.44. The van der Waals surface area contributed by atoms with Gasteiger partial charge in [-0.25, -0.2) is 0 Å². The van der Waals surface area contributed by atoms with Crippen LogP contribution in [0.25, 0.3) is 0 Å². The number of hydrogen-bond donors (Lipinski definition) is 2. The average molecular weight is 285 g/mol. The van der Waals surface area contributed by atoms with E-state index in [1.54, 1.807) is 0 Å². The molecule has 0 bridgehead atoms. The van der Waals surface area contributed by atoms with E-state index in [1.165, 1.54) is 5.56 Å². The molecule has 0 saturated carbocycles. The molecule has 0 aromatic heterocycles. The van der Waals surface area contributed by atoms with E-state index in [2.05, 4.69) is 46.0 Å². The van der Waals surface area contributed by atoms with Gasteiger partial charge < -0.3 is 15.4 Å². The third kappa shape index (κ3) is 3.38. The van der Waals surface area contributed by atoms with Gasteiger partial charge in [0.25, 0.3) is 0 Å². The van der Waals surface area contributed by atoms with Gasteiger partial charge in [-0.05, 0) is 30.9 Å². The fraction of sp³-hybridized carbons (Fsp3) is 0.471. The molecule has 0 radical (unpaired) electrons. The highest BCUT2D eigenvalue weighted by Crippen LogP contribution is 2.32. The zero-order chi connectivity index (χ0) is 14.5. The SMILES string of the molecule is CN=C(NCC1CCOc2ccccc21)NC1CC=CC1. The Bertz CT molecular complexity index is 531. The van der Waals surface area contributed by atoms with Crippen molar-refractivity contribution in [1.29, 1.82) is 0 Å². The zero-order valence-corrected chi connectivity index (χ0v) is 12.5. The van der Waals surface area contributed by atoms with Crippen LogP contribution in [-0.2, 0) is 0 Å². The summed E-state index contributed by atoms with van der Waals surface area (Å²) in [6.07, 6.45) is 7.66. The van der Waals surface area contributed by atoms with Crippen LogP contribution in [-0.4, -0.2) is 32.2 Å². The van der Waals surface area contributed by atoms with E-state index in [0.717, 1.165) is 44.1 Å². The number of para-hydroxylation sites is 1. The molecule has 1 heterocycles. The van der Waals surface area contributed by atoms with Crippen LogP contribution >= 0.6 is 0 Å². The first kappa shape index (κ1) is 14.0. The van der Waals surface area contributed by atoms with Crippen LogP contribution in [0.4, 0.5) is 0 Å². The minimum absolute atomic E-state index is 0.482. The molecule has 0 saturated heterocycles. The molecular formula is C17H23N3O. The molecule has 0 amide bonds. The standard InChI is InChI=1S/C17H23N3O/c1-18-17(20-14-6-2-3-7-14)19-12-13-10-11-21-16-9-5-4-8-15(13)16/h2-5,8-9,13-14H,6-7,10-12H2,1H3,(H2,18,19,20). The highest BCUT2D eigenvalue weighted by Gasteiger charge is 2.21. The van der Waals surface area contributed by atoms with Crippen molar-refractivity contribution in [3.05, 3.63) is 42.0 Å². The van der Waals surface area contributed by atoms with Gasteiger partial charge in [0.15, 0.2) is 5.96 Å². The van der Waals surface area contributed by atoms with Gasteiger partial charge in [-0.15, -0.1) is 0 Å². The third-order valence-corrected chi connectivity index (χ3v) is 4.17. The summed E-state index contributed by atoms with van der Waals surface area (Å²) in [6.45, 7) is 1.68. The number of aliphatic imine (C=N–C) groups is 1. The van der Waals surface area contributed by atoms with Gasteiger partial charge in [0.2, 0.25) is 0 Å². The maximum atomic E-state index is 5.71. The lowest BCUT2D eigenvalue weighted by Gasteiger charge is -2.27. The van der Waals surface area contributed by atoms with Crippen LogP contribution in [0.15, 0.2) is 41.4 Å². The summed E-state index contributed by atoms with van der Waals surface area (Å²) in [4.78, 5) is 4.33. The maximum absolute atomic E-state index is 5.71. The van der Waals surface area contributed by atoms with Crippen molar-refractivity contribution in [3.8, 4) is 5.75 Å². The van der Waals surface area contributed by atoms with Crippen molar-refractivity contribution in [2.75, 3.05) is 20.2 Å². The quantitative estimate of drug-likeness (QED) is 0.509. The number of hydrogen-bond acceptors (Lipinski definition) is 2. The van der Waals surface area contributed by atoms with Crippen molar-refractivity contribution >= 4 is 5.96 Å². The Kier molecular flexibility index (Phi) is 4.43. The van der Waals surface area contributed by atoms with Gasteiger partial charge in [0, 0.05) is 25.6 Å². The van der Waals surface area contributed by atoms with Crippen LogP contribution in [0.1, 0.15) is 30.7 Å². The van der Waals surface area contributed by atoms with Crippen LogP contribution in [0, 0.1) is 0 Å². The number of benzene rings is 1. The molecule has 1 aromatic rings.